The van der Waals surface area contributed by atoms with Crippen LogP contribution >= 0.6 is 0 Å². The van der Waals surface area contributed by atoms with Crippen LogP contribution in [0.25, 0.3) is 0 Å². The van der Waals surface area contributed by atoms with Crippen molar-refractivity contribution < 1.29 is 9.90 Å². The minimum Gasteiger partial charge on any atom is -0.393 e. The molecule has 0 bridgehead atoms. The molecule has 0 saturated carbocycles. The number of nitrogens with two attached hydrogens (primary N) is 1. The van der Waals surface area contributed by atoms with Crippen molar-refractivity contribution in [3.8, 4) is 0 Å². The van der Waals surface area contributed by atoms with E-state index in [4.69, 9.17) is 10.8 Å². The smallest absolute Gasteiger partial charge is 0.126 e. The molecule has 3 nitrogen and oxygen atoms in total. The number of aliphatic hydroxyl groups excluding tert-OH is 1. The molecule has 8 heavy (non-hydrogen) atoms. The third-order valence-electron chi connectivity index (χ3n) is 1.07. The van der Waals surface area contributed by atoms with Crippen molar-refractivity contribution in [3.63, 3.8) is 0 Å². The van der Waals surface area contributed by atoms with E-state index in [1.54, 1.807) is 6.92 Å². The van der Waals surface area contributed by atoms with Crippen molar-refractivity contribution in [2.24, 2.45) is 11.7 Å². The Hall–Kier alpha value is -0.410. The van der Waals surface area contributed by atoms with E-state index in [9.17, 15) is 4.79 Å². The van der Waals surface area contributed by atoms with Gasteiger partial charge in [0, 0.05) is 6.54 Å². The van der Waals surface area contributed by atoms with Gasteiger partial charge >= 0.3 is 0 Å². The topological polar surface area (TPSA) is 63.3 Å². The SMILES string of the molecule is CC(O)C(C=O)CN. The van der Waals surface area contributed by atoms with Crippen LogP contribution in [0.4, 0.5) is 0 Å². The number of hydrogen-bond donors (Lipinski definition) is 2. The first-order valence-electron chi connectivity index (χ1n) is 2.55. The van der Waals surface area contributed by atoms with E-state index in [0.29, 0.717) is 6.29 Å². The molecule has 0 aromatic heterocycles. The van der Waals surface area contributed by atoms with Gasteiger partial charge in [-0.15, -0.1) is 0 Å². The predicted molar refractivity (Wildman–Crippen MR) is 30.3 cm³/mol. The monoisotopic (exact) mass is 117 g/mol. The maximum absolute atomic E-state index is 9.94. The highest BCUT2D eigenvalue weighted by atomic mass is 16.3. The van der Waals surface area contributed by atoms with Crippen LogP contribution in [0.2, 0.25) is 0 Å². The van der Waals surface area contributed by atoms with Crippen molar-refractivity contribution in [1.82, 2.24) is 0 Å². The third-order valence-corrected chi connectivity index (χ3v) is 1.07. The van der Waals surface area contributed by atoms with Gasteiger partial charge in [-0.1, -0.05) is 0 Å². The van der Waals surface area contributed by atoms with Crippen molar-refractivity contribution in [2.75, 3.05) is 6.54 Å². The van der Waals surface area contributed by atoms with E-state index < -0.39 is 12.0 Å². The molecule has 0 aliphatic carbocycles. The molecule has 0 aliphatic rings. The second-order valence-corrected chi connectivity index (χ2v) is 1.78. The molecule has 3 heteroatoms. The summed E-state index contributed by atoms with van der Waals surface area (Å²) in [4.78, 5) is 9.94. The normalized spacial score (nSPS) is 17.4. The zero-order valence-electron chi connectivity index (χ0n) is 4.87. The van der Waals surface area contributed by atoms with E-state index in [-0.39, 0.29) is 6.54 Å². The third kappa shape index (κ3) is 2.04. The average molecular weight is 117 g/mol. The Morgan fingerprint density at radius 3 is 2.38 bits per heavy atom. The number of carbonyl (C=O) groups excluding carboxylic acids is 1. The Bertz CT molecular complexity index is 72.8. The van der Waals surface area contributed by atoms with Crippen LogP contribution in [0.15, 0.2) is 0 Å². The van der Waals surface area contributed by atoms with Crippen LogP contribution in [0.5, 0.6) is 0 Å². The Morgan fingerprint density at radius 2 is 2.38 bits per heavy atom. The van der Waals surface area contributed by atoms with E-state index in [1.165, 1.54) is 0 Å². The van der Waals surface area contributed by atoms with E-state index in [0.717, 1.165) is 0 Å². The standard InChI is InChI=1S/C5H11NO2/c1-4(8)5(2-6)3-7/h3-5,8H,2,6H2,1H3. The molecule has 3 N–H and O–H groups in total. The summed E-state index contributed by atoms with van der Waals surface area (Å²) in [5, 5.41) is 8.70. The molecule has 0 radical (unpaired) electrons. The minimum atomic E-state index is -0.613. The predicted octanol–water partition coefficient (Wildman–Crippen LogP) is -0.859. The highest BCUT2D eigenvalue weighted by Crippen LogP contribution is 1.94. The molecule has 0 spiro atoms. The fourth-order valence-corrected chi connectivity index (χ4v) is 0.366. The van der Waals surface area contributed by atoms with Crippen LogP contribution in [-0.2, 0) is 4.79 Å². The lowest BCUT2D eigenvalue weighted by Gasteiger charge is -2.08. The lowest BCUT2D eigenvalue weighted by molar-refractivity contribution is -0.113. The molecular formula is C5H11NO2. The Kier molecular flexibility index (Phi) is 3.39. The van der Waals surface area contributed by atoms with Crippen molar-refractivity contribution in [1.29, 1.82) is 0 Å². The maximum Gasteiger partial charge on any atom is 0.126 e. The number of aldehydes is 1. The summed E-state index contributed by atoms with van der Waals surface area (Å²) in [5.41, 5.74) is 5.09. The van der Waals surface area contributed by atoms with Gasteiger partial charge in [-0.3, -0.25) is 0 Å². The largest absolute Gasteiger partial charge is 0.393 e. The summed E-state index contributed by atoms with van der Waals surface area (Å²) >= 11 is 0. The number of aliphatic hydroxyl groups is 1. The quantitative estimate of drug-likeness (QED) is 0.473. The van der Waals surface area contributed by atoms with Gasteiger partial charge in [0.2, 0.25) is 0 Å². The zero-order valence-corrected chi connectivity index (χ0v) is 4.87. The molecule has 0 fully saturated rings. The molecule has 0 aliphatic heterocycles. The van der Waals surface area contributed by atoms with Crippen LogP contribution in [0, 0.1) is 5.92 Å². The van der Waals surface area contributed by atoms with Gasteiger partial charge in [-0.25, -0.2) is 0 Å². The lowest BCUT2D eigenvalue weighted by Crippen LogP contribution is -2.26. The Balaban J connectivity index is 3.51. The van der Waals surface area contributed by atoms with Crippen molar-refractivity contribution >= 4 is 6.29 Å². The summed E-state index contributed by atoms with van der Waals surface area (Å²) in [5.74, 6) is -0.394. The Morgan fingerprint density at radius 1 is 1.88 bits per heavy atom. The fourth-order valence-electron chi connectivity index (χ4n) is 0.366. The van der Waals surface area contributed by atoms with E-state index >= 15 is 0 Å². The zero-order chi connectivity index (χ0) is 6.57. The molecule has 0 aromatic rings. The van der Waals surface area contributed by atoms with E-state index in [1.807, 2.05) is 0 Å². The second kappa shape index (κ2) is 3.57. The number of carbonyl (C=O) groups is 1. The van der Waals surface area contributed by atoms with Crippen LogP contribution in [0.1, 0.15) is 6.92 Å². The summed E-state index contributed by atoms with van der Waals surface area (Å²) in [7, 11) is 0. The first-order valence-corrected chi connectivity index (χ1v) is 2.55. The van der Waals surface area contributed by atoms with Crippen LogP contribution in [-0.4, -0.2) is 24.0 Å². The fraction of sp³-hybridized carbons (Fsp3) is 0.800. The summed E-state index contributed by atoms with van der Waals surface area (Å²) in [6, 6.07) is 0. The first-order chi connectivity index (χ1) is 3.72. The van der Waals surface area contributed by atoms with Gasteiger partial charge in [0.25, 0.3) is 0 Å². The molecule has 0 aromatic carbocycles. The van der Waals surface area contributed by atoms with Gasteiger partial charge in [0.15, 0.2) is 0 Å². The summed E-state index contributed by atoms with van der Waals surface area (Å²) < 4.78 is 0. The lowest BCUT2D eigenvalue weighted by atomic mass is 10.1. The van der Waals surface area contributed by atoms with Crippen LogP contribution in [0.3, 0.4) is 0 Å². The highest BCUT2D eigenvalue weighted by Gasteiger charge is 2.09. The summed E-state index contributed by atoms with van der Waals surface area (Å²) in [6.45, 7) is 1.77. The van der Waals surface area contributed by atoms with Crippen molar-refractivity contribution in [2.45, 2.75) is 13.0 Å². The molecule has 0 rings (SSSR count). The molecule has 0 amide bonds. The maximum atomic E-state index is 9.94. The van der Waals surface area contributed by atoms with Gasteiger partial charge < -0.3 is 15.6 Å². The molecule has 0 heterocycles. The summed E-state index contributed by atoms with van der Waals surface area (Å²) in [6.07, 6.45) is 0.0579. The van der Waals surface area contributed by atoms with Crippen LogP contribution < -0.4 is 5.73 Å². The minimum absolute atomic E-state index is 0.223. The first kappa shape index (κ1) is 7.59. The molecular weight excluding hydrogens is 106 g/mol. The molecule has 2 unspecified atom stereocenters. The molecule has 0 saturated heterocycles. The molecule has 2 atom stereocenters. The number of hydrogen-bond acceptors (Lipinski definition) is 3. The average Bonchev–Trinajstić information content (AvgIpc) is 1.69. The number of rotatable bonds is 3. The van der Waals surface area contributed by atoms with E-state index in [2.05, 4.69) is 0 Å². The van der Waals surface area contributed by atoms with Gasteiger partial charge in [-0.2, -0.15) is 0 Å². The van der Waals surface area contributed by atoms with Gasteiger partial charge in [0.1, 0.15) is 6.29 Å². The van der Waals surface area contributed by atoms with Gasteiger partial charge in [0.05, 0.1) is 12.0 Å². The highest BCUT2D eigenvalue weighted by molar-refractivity contribution is 5.54. The van der Waals surface area contributed by atoms with Gasteiger partial charge in [-0.05, 0) is 6.92 Å². The van der Waals surface area contributed by atoms with Crippen molar-refractivity contribution in [3.05, 3.63) is 0 Å². The Labute approximate surface area is 48.5 Å². The molecule has 48 valence electrons. The second-order valence-electron chi connectivity index (χ2n) is 1.78.